The maximum atomic E-state index is 14.3. The largest absolute Gasteiger partial charge is 0.481 e. The van der Waals surface area contributed by atoms with Crippen LogP contribution in [-0.4, -0.2) is 62.8 Å². The van der Waals surface area contributed by atoms with Crippen LogP contribution in [0.5, 0.6) is 0 Å². The summed E-state index contributed by atoms with van der Waals surface area (Å²) in [4.78, 5) is 47.2. The maximum absolute atomic E-state index is 14.3. The van der Waals surface area contributed by atoms with E-state index in [4.69, 9.17) is 21.0 Å². The van der Waals surface area contributed by atoms with Crippen molar-refractivity contribution in [3.63, 3.8) is 0 Å². The molecule has 2 aliphatic rings. The number of halogens is 2. The van der Waals surface area contributed by atoms with Gasteiger partial charge in [-0.3, -0.25) is 14.4 Å². The molecule has 1 N–H and O–H groups in total. The van der Waals surface area contributed by atoms with Crippen molar-refractivity contribution in [2.45, 2.75) is 78.2 Å². The first-order chi connectivity index (χ1) is 20.0. The standard InChI is InChI=1S/C33H39ClFN3O5/c1-31(2,3)21-16-24(20-7-8-22(34)23(35)15-20)36-25-17-26(43-27(21)25)29(40)38-14-13-37(18-32(38,4)5)28(39)19-9-11-33(6,12-10-19)30(41)42/h7-8,15-17,19H,9-14,18H2,1-6H3,(H,41,42)/t19-,33+. The summed E-state index contributed by atoms with van der Waals surface area (Å²) in [7, 11) is 0. The predicted molar refractivity (Wildman–Crippen MR) is 163 cm³/mol. The molecule has 1 saturated heterocycles. The monoisotopic (exact) mass is 611 g/mol. The van der Waals surface area contributed by atoms with E-state index in [1.807, 2.05) is 45.6 Å². The molecule has 0 spiro atoms. The Morgan fingerprint density at radius 3 is 2.33 bits per heavy atom. The molecule has 0 atom stereocenters. The summed E-state index contributed by atoms with van der Waals surface area (Å²) in [6.07, 6.45) is 2.06. The first-order valence-corrected chi connectivity index (χ1v) is 15.1. The van der Waals surface area contributed by atoms with Crippen LogP contribution in [-0.2, 0) is 15.0 Å². The molecule has 0 radical (unpaired) electrons. The number of amides is 2. The van der Waals surface area contributed by atoms with Gasteiger partial charge in [0.05, 0.1) is 21.7 Å². The average molecular weight is 612 g/mol. The fraction of sp³-hybridized carbons (Fsp3) is 0.515. The molecule has 1 aromatic carbocycles. The van der Waals surface area contributed by atoms with Crippen molar-refractivity contribution in [3.05, 3.63) is 52.5 Å². The number of carboxylic acid groups (broad SMARTS) is 1. The van der Waals surface area contributed by atoms with Gasteiger partial charge in [0.15, 0.2) is 11.3 Å². The van der Waals surface area contributed by atoms with Gasteiger partial charge in [-0.25, -0.2) is 9.37 Å². The number of aliphatic carboxylic acids is 1. The minimum atomic E-state index is -0.808. The molecule has 2 aromatic heterocycles. The van der Waals surface area contributed by atoms with Crippen LogP contribution in [0.1, 0.15) is 83.3 Å². The molecule has 1 saturated carbocycles. The van der Waals surface area contributed by atoms with Gasteiger partial charge in [-0.2, -0.15) is 0 Å². The minimum absolute atomic E-state index is 0.0291. The van der Waals surface area contributed by atoms with Gasteiger partial charge < -0.3 is 19.3 Å². The van der Waals surface area contributed by atoms with E-state index in [1.165, 1.54) is 12.1 Å². The lowest BCUT2D eigenvalue weighted by molar-refractivity contribution is -0.153. The van der Waals surface area contributed by atoms with Crippen molar-refractivity contribution in [2.24, 2.45) is 11.3 Å². The molecule has 10 heteroatoms. The number of piperazine rings is 1. The van der Waals surface area contributed by atoms with Crippen LogP contribution in [0.15, 0.2) is 34.7 Å². The maximum Gasteiger partial charge on any atom is 0.309 e. The number of furan rings is 1. The molecule has 2 fully saturated rings. The number of hydrogen-bond donors (Lipinski definition) is 1. The quantitative estimate of drug-likeness (QED) is 0.343. The van der Waals surface area contributed by atoms with Gasteiger partial charge in [-0.15, -0.1) is 0 Å². The minimum Gasteiger partial charge on any atom is -0.481 e. The molecule has 0 unspecified atom stereocenters. The Bertz CT molecular complexity index is 1600. The van der Waals surface area contributed by atoms with Crippen LogP contribution >= 0.6 is 11.6 Å². The van der Waals surface area contributed by atoms with Crippen LogP contribution in [0, 0.1) is 17.2 Å². The molecule has 1 aliphatic heterocycles. The highest BCUT2D eigenvalue weighted by atomic mass is 35.5. The number of carboxylic acids is 1. The number of hydrogen-bond acceptors (Lipinski definition) is 5. The van der Waals surface area contributed by atoms with Crippen LogP contribution in [0.4, 0.5) is 4.39 Å². The Hall–Kier alpha value is -3.46. The lowest BCUT2D eigenvalue weighted by atomic mass is 9.71. The van der Waals surface area contributed by atoms with Crippen LogP contribution in [0.2, 0.25) is 5.02 Å². The Balaban J connectivity index is 1.38. The zero-order chi connectivity index (χ0) is 31.5. The van der Waals surface area contributed by atoms with E-state index in [9.17, 15) is 23.9 Å². The highest BCUT2D eigenvalue weighted by Gasteiger charge is 2.44. The van der Waals surface area contributed by atoms with E-state index in [0.29, 0.717) is 67.7 Å². The summed E-state index contributed by atoms with van der Waals surface area (Å²) in [5.74, 6) is -1.65. The number of pyridine rings is 1. The SMILES string of the molecule is CC(C)(C)c1cc(-c2ccc(Cl)c(F)c2)nc2cc(C(=O)N3CCN(C(=O)[C@H]4CC[C@@](C)(C(=O)O)CC4)CC3(C)C)oc12. The van der Waals surface area contributed by atoms with Crippen molar-refractivity contribution in [1.29, 1.82) is 0 Å². The fourth-order valence-corrected chi connectivity index (χ4v) is 6.43. The molecule has 43 heavy (non-hydrogen) atoms. The van der Waals surface area contributed by atoms with Gasteiger partial charge in [-0.05, 0) is 70.1 Å². The smallest absolute Gasteiger partial charge is 0.309 e. The van der Waals surface area contributed by atoms with Gasteiger partial charge in [0.25, 0.3) is 5.91 Å². The summed E-state index contributed by atoms with van der Waals surface area (Å²) in [6.45, 7) is 12.8. The van der Waals surface area contributed by atoms with Crippen LogP contribution in [0.3, 0.4) is 0 Å². The van der Waals surface area contributed by atoms with E-state index in [0.717, 1.165) is 5.56 Å². The second kappa shape index (κ2) is 10.9. The summed E-state index contributed by atoms with van der Waals surface area (Å²) in [5, 5.41) is 9.57. The molecule has 8 nitrogen and oxygen atoms in total. The molecule has 3 heterocycles. The first kappa shape index (κ1) is 31.0. The third-order valence-corrected chi connectivity index (χ3v) is 9.43. The number of rotatable bonds is 4. The molecule has 0 bridgehead atoms. The second-order valence-corrected chi connectivity index (χ2v) is 14.3. The number of carbonyl (C=O) groups excluding carboxylic acids is 2. The number of carbonyl (C=O) groups is 3. The third-order valence-electron chi connectivity index (χ3n) is 9.13. The average Bonchev–Trinajstić information content (AvgIpc) is 3.37. The number of nitrogens with zero attached hydrogens (tertiary/aromatic N) is 3. The lowest BCUT2D eigenvalue weighted by Gasteiger charge is -2.48. The van der Waals surface area contributed by atoms with Crippen LogP contribution < -0.4 is 0 Å². The highest BCUT2D eigenvalue weighted by Crippen LogP contribution is 2.40. The third kappa shape index (κ3) is 5.88. The summed E-state index contributed by atoms with van der Waals surface area (Å²) < 4.78 is 20.5. The normalized spacial score (nSPS) is 22.6. The summed E-state index contributed by atoms with van der Waals surface area (Å²) in [6, 6.07) is 8.04. The van der Waals surface area contributed by atoms with E-state index in [2.05, 4.69) is 0 Å². The number of benzene rings is 1. The van der Waals surface area contributed by atoms with Gasteiger partial charge in [0.1, 0.15) is 11.3 Å². The lowest BCUT2D eigenvalue weighted by Crippen LogP contribution is -2.62. The summed E-state index contributed by atoms with van der Waals surface area (Å²) >= 11 is 5.89. The molecule has 230 valence electrons. The van der Waals surface area contributed by atoms with Gasteiger partial charge in [-0.1, -0.05) is 38.4 Å². The summed E-state index contributed by atoms with van der Waals surface area (Å²) in [5.41, 5.74) is 1.16. The Labute approximate surface area is 256 Å². The number of fused-ring (bicyclic) bond motifs is 1. The fourth-order valence-electron chi connectivity index (χ4n) is 6.31. The Morgan fingerprint density at radius 2 is 1.74 bits per heavy atom. The van der Waals surface area contributed by atoms with Crippen molar-refractivity contribution < 1.29 is 28.3 Å². The topological polar surface area (TPSA) is 104 Å². The molecular formula is C33H39ClFN3O5. The van der Waals surface area contributed by atoms with E-state index in [1.54, 1.807) is 24.0 Å². The van der Waals surface area contributed by atoms with Crippen molar-refractivity contribution in [1.82, 2.24) is 14.8 Å². The zero-order valence-corrected chi connectivity index (χ0v) is 26.3. The first-order valence-electron chi connectivity index (χ1n) is 14.7. The van der Waals surface area contributed by atoms with E-state index in [-0.39, 0.29) is 33.9 Å². The van der Waals surface area contributed by atoms with E-state index < -0.39 is 22.7 Å². The van der Waals surface area contributed by atoms with Crippen LogP contribution in [0.25, 0.3) is 22.4 Å². The molecule has 2 amide bonds. The number of aromatic nitrogens is 1. The Morgan fingerprint density at radius 1 is 1.07 bits per heavy atom. The second-order valence-electron chi connectivity index (χ2n) is 13.9. The van der Waals surface area contributed by atoms with E-state index >= 15 is 0 Å². The van der Waals surface area contributed by atoms with Gasteiger partial charge >= 0.3 is 5.97 Å². The predicted octanol–water partition coefficient (Wildman–Crippen LogP) is 6.93. The van der Waals surface area contributed by atoms with Crippen molar-refractivity contribution in [3.8, 4) is 11.3 Å². The van der Waals surface area contributed by atoms with Crippen molar-refractivity contribution >= 4 is 40.5 Å². The zero-order valence-electron chi connectivity index (χ0n) is 25.6. The molecular weight excluding hydrogens is 573 g/mol. The Kier molecular flexibility index (Phi) is 7.86. The van der Waals surface area contributed by atoms with Crippen molar-refractivity contribution in [2.75, 3.05) is 19.6 Å². The van der Waals surface area contributed by atoms with Gasteiger partial charge in [0.2, 0.25) is 5.91 Å². The molecule has 5 rings (SSSR count). The van der Waals surface area contributed by atoms with Gasteiger partial charge in [0, 0.05) is 42.7 Å². The molecule has 3 aromatic rings. The highest BCUT2D eigenvalue weighted by molar-refractivity contribution is 6.30. The molecule has 1 aliphatic carbocycles.